The van der Waals surface area contributed by atoms with Gasteiger partial charge in [0, 0.05) is 6.04 Å². The fourth-order valence-corrected chi connectivity index (χ4v) is 1.03. The Balaban J connectivity index is 3.07. The fourth-order valence-electron chi connectivity index (χ4n) is 1.03. The summed E-state index contributed by atoms with van der Waals surface area (Å²) in [6.45, 7) is 7.09. The molecule has 0 rings (SSSR count). The minimum absolute atomic E-state index is 0.209. The summed E-state index contributed by atoms with van der Waals surface area (Å²) in [5.74, 6) is 0. The molecule has 0 heterocycles. The van der Waals surface area contributed by atoms with Gasteiger partial charge in [-0.15, -0.1) is 0 Å². The highest BCUT2D eigenvalue weighted by Crippen LogP contribution is 1.93. The van der Waals surface area contributed by atoms with Crippen LogP contribution >= 0.6 is 0 Å². The molecule has 1 N–H and O–H groups in total. The number of alkyl halides is 1. The van der Waals surface area contributed by atoms with Crippen molar-refractivity contribution in [1.29, 1.82) is 0 Å². The third kappa shape index (κ3) is 8.19. The van der Waals surface area contributed by atoms with Crippen molar-refractivity contribution in [3.8, 4) is 0 Å². The van der Waals surface area contributed by atoms with E-state index in [1.165, 1.54) is 0 Å². The molecule has 0 aliphatic rings. The van der Waals surface area contributed by atoms with Gasteiger partial charge in [-0.2, -0.15) is 0 Å². The smallest absolute Gasteiger partial charge is 0.0906 e. The molecule has 2 nitrogen and oxygen atoms in total. The van der Waals surface area contributed by atoms with E-state index in [1.807, 2.05) is 0 Å². The molecule has 0 unspecified atom stereocenters. The Labute approximate surface area is 81.5 Å². The molecular weight excluding hydrogens is 167 g/mol. The van der Waals surface area contributed by atoms with E-state index in [1.54, 1.807) is 0 Å². The largest absolute Gasteiger partial charge is 0.317 e. The number of nitrogens with one attached hydrogen (secondary N) is 1. The molecule has 0 aromatic rings. The van der Waals surface area contributed by atoms with Crippen LogP contribution in [0, 0.1) is 0 Å². The van der Waals surface area contributed by atoms with E-state index in [0.717, 1.165) is 26.1 Å². The fraction of sp³-hybridized carbons (Fsp3) is 1.00. The van der Waals surface area contributed by atoms with E-state index < -0.39 is 0 Å². The molecule has 0 saturated heterocycles. The second-order valence-electron chi connectivity index (χ2n) is 3.72. The van der Waals surface area contributed by atoms with Gasteiger partial charge in [0.05, 0.1) is 6.67 Å². The maximum absolute atomic E-state index is 11.7. The first kappa shape index (κ1) is 12.8. The zero-order valence-electron chi connectivity index (χ0n) is 9.15. The zero-order valence-corrected chi connectivity index (χ0v) is 9.15. The van der Waals surface area contributed by atoms with E-state index in [9.17, 15) is 4.39 Å². The molecule has 0 aliphatic carbocycles. The van der Waals surface area contributed by atoms with Crippen LogP contribution in [-0.4, -0.2) is 44.3 Å². The average Bonchev–Trinajstić information content (AvgIpc) is 2.10. The SMILES string of the molecule is CC(C)N(C)CCCNCCCF. The lowest BCUT2D eigenvalue weighted by Crippen LogP contribution is -2.29. The average molecular weight is 190 g/mol. The molecule has 0 spiro atoms. The Morgan fingerprint density at radius 3 is 2.38 bits per heavy atom. The highest BCUT2D eigenvalue weighted by molar-refractivity contribution is 4.58. The van der Waals surface area contributed by atoms with Crippen molar-refractivity contribution in [2.24, 2.45) is 0 Å². The second kappa shape index (κ2) is 8.45. The van der Waals surface area contributed by atoms with Crippen molar-refractivity contribution in [2.75, 3.05) is 33.4 Å². The van der Waals surface area contributed by atoms with Crippen molar-refractivity contribution in [1.82, 2.24) is 10.2 Å². The highest BCUT2D eigenvalue weighted by atomic mass is 19.1. The van der Waals surface area contributed by atoms with Crippen LogP contribution in [0.3, 0.4) is 0 Å². The summed E-state index contributed by atoms with van der Waals surface area (Å²) in [5.41, 5.74) is 0. The molecule has 3 heteroatoms. The molecule has 0 aliphatic heterocycles. The number of rotatable bonds is 8. The van der Waals surface area contributed by atoms with E-state index in [2.05, 4.69) is 31.1 Å². The summed E-state index contributed by atoms with van der Waals surface area (Å²) in [4.78, 5) is 2.32. The first-order chi connectivity index (χ1) is 6.18. The quantitative estimate of drug-likeness (QED) is 0.586. The lowest BCUT2D eigenvalue weighted by Gasteiger charge is -2.20. The number of hydrogen-bond donors (Lipinski definition) is 1. The first-order valence-electron chi connectivity index (χ1n) is 5.15. The maximum Gasteiger partial charge on any atom is 0.0906 e. The van der Waals surface area contributed by atoms with Gasteiger partial charge in [0.1, 0.15) is 0 Å². The number of nitrogens with zero attached hydrogens (tertiary/aromatic N) is 1. The van der Waals surface area contributed by atoms with E-state index in [4.69, 9.17) is 0 Å². The molecule has 0 aromatic carbocycles. The van der Waals surface area contributed by atoms with E-state index in [0.29, 0.717) is 12.5 Å². The third-order valence-corrected chi connectivity index (χ3v) is 2.23. The molecule has 0 radical (unpaired) electrons. The normalized spacial score (nSPS) is 11.5. The van der Waals surface area contributed by atoms with Gasteiger partial charge in [-0.1, -0.05) is 0 Å². The summed E-state index contributed by atoms with van der Waals surface area (Å²) in [6, 6.07) is 0.617. The summed E-state index contributed by atoms with van der Waals surface area (Å²) in [5, 5.41) is 3.21. The summed E-state index contributed by atoms with van der Waals surface area (Å²) in [7, 11) is 2.13. The Bertz CT molecular complexity index is 107. The Morgan fingerprint density at radius 2 is 1.85 bits per heavy atom. The van der Waals surface area contributed by atoms with Gasteiger partial charge in [0.15, 0.2) is 0 Å². The van der Waals surface area contributed by atoms with Crippen LogP contribution in [0.1, 0.15) is 26.7 Å². The highest BCUT2D eigenvalue weighted by Gasteiger charge is 2.00. The molecule has 0 atom stereocenters. The van der Waals surface area contributed by atoms with Gasteiger partial charge >= 0.3 is 0 Å². The van der Waals surface area contributed by atoms with Crippen LogP contribution in [0.25, 0.3) is 0 Å². The predicted octanol–water partition coefficient (Wildman–Crippen LogP) is 1.67. The van der Waals surface area contributed by atoms with Gasteiger partial charge in [-0.3, -0.25) is 4.39 Å². The Kier molecular flexibility index (Phi) is 8.35. The van der Waals surface area contributed by atoms with Crippen LogP contribution in [0.15, 0.2) is 0 Å². The standard InChI is InChI=1S/C10H23FN2/c1-10(2)13(3)9-5-8-12-7-4-6-11/h10,12H,4-9H2,1-3H3. The topological polar surface area (TPSA) is 15.3 Å². The van der Waals surface area contributed by atoms with Crippen molar-refractivity contribution in [3.63, 3.8) is 0 Å². The van der Waals surface area contributed by atoms with Crippen LogP contribution in [-0.2, 0) is 0 Å². The van der Waals surface area contributed by atoms with Crippen molar-refractivity contribution in [2.45, 2.75) is 32.7 Å². The summed E-state index contributed by atoms with van der Waals surface area (Å²) < 4.78 is 11.7. The molecule has 0 bridgehead atoms. The summed E-state index contributed by atoms with van der Waals surface area (Å²) in [6.07, 6.45) is 1.78. The van der Waals surface area contributed by atoms with Crippen LogP contribution in [0.5, 0.6) is 0 Å². The van der Waals surface area contributed by atoms with Crippen LogP contribution in [0.2, 0.25) is 0 Å². The van der Waals surface area contributed by atoms with Gasteiger partial charge in [0.25, 0.3) is 0 Å². The van der Waals surface area contributed by atoms with Crippen molar-refractivity contribution in [3.05, 3.63) is 0 Å². The van der Waals surface area contributed by atoms with E-state index in [-0.39, 0.29) is 6.67 Å². The van der Waals surface area contributed by atoms with Crippen molar-refractivity contribution >= 4 is 0 Å². The number of hydrogen-bond acceptors (Lipinski definition) is 2. The van der Waals surface area contributed by atoms with Crippen LogP contribution < -0.4 is 5.32 Å². The molecule has 13 heavy (non-hydrogen) atoms. The predicted molar refractivity (Wildman–Crippen MR) is 55.8 cm³/mol. The zero-order chi connectivity index (χ0) is 10.1. The molecule has 0 aromatic heterocycles. The Morgan fingerprint density at radius 1 is 1.23 bits per heavy atom. The summed E-state index contributed by atoms with van der Waals surface area (Å²) >= 11 is 0. The minimum atomic E-state index is -0.209. The van der Waals surface area contributed by atoms with Gasteiger partial charge in [0.2, 0.25) is 0 Å². The van der Waals surface area contributed by atoms with Gasteiger partial charge in [-0.05, 0) is 53.4 Å². The second-order valence-corrected chi connectivity index (χ2v) is 3.72. The van der Waals surface area contributed by atoms with E-state index >= 15 is 0 Å². The van der Waals surface area contributed by atoms with Gasteiger partial charge < -0.3 is 10.2 Å². The Hall–Kier alpha value is -0.150. The maximum atomic E-state index is 11.7. The molecule has 80 valence electrons. The van der Waals surface area contributed by atoms with Crippen molar-refractivity contribution < 1.29 is 4.39 Å². The number of halogens is 1. The van der Waals surface area contributed by atoms with Crippen LogP contribution in [0.4, 0.5) is 4.39 Å². The molecular formula is C10H23FN2. The third-order valence-electron chi connectivity index (χ3n) is 2.23. The molecule has 0 saturated carbocycles. The first-order valence-corrected chi connectivity index (χ1v) is 5.15. The van der Waals surface area contributed by atoms with Gasteiger partial charge in [-0.25, -0.2) is 0 Å². The minimum Gasteiger partial charge on any atom is -0.317 e. The monoisotopic (exact) mass is 190 g/mol. The molecule has 0 fully saturated rings. The lowest BCUT2D eigenvalue weighted by molar-refractivity contribution is 0.269. The lowest BCUT2D eigenvalue weighted by atomic mass is 10.3. The molecule has 0 amide bonds.